The summed E-state index contributed by atoms with van der Waals surface area (Å²) < 4.78 is 5.29. The van der Waals surface area contributed by atoms with Crippen LogP contribution in [0.4, 0.5) is 0 Å². The number of carbonyl (C=O) groups excluding carboxylic acids is 1. The highest BCUT2D eigenvalue weighted by molar-refractivity contribution is 7.07. The summed E-state index contributed by atoms with van der Waals surface area (Å²) in [4.78, 5) is 13.7. The molecule has 2 aromatic heterocycles. The first-order chi connectivity index (χ1) is 8.29. The fourth-order valence-corrected chi connectivity index (χ4v) is 2.31. The van der Waals surface area contributed by atoms with E-state index in [1.165, 1.54) is 5.56 Å². The molecule has 0 bridgehead atoms. The van der Waals surface area contributed by atoms with Crippen molar-refractivity contribution in [2.24, 2.45) is 0 Å². The van der Waals surface area contributed by atoms with Gasteiger partial charge in [-0.2, -0.15) is 11.3 Å². The third-order valence-electron chi connectivity index (χ3n) is 2.54. The number of hydrogen-bond donors (Lipinski definition) is 0. The van der Waals surface area contributed by atoms with Gasteiger partial charge in [-0.1, -0.05) is 6.92 Å². The zero-order valence-corrected chi connectivity index (χ0v) is 10.6. The third-order valence-corrected chi connectivity index (χ3v) is 3.27. The summed E-state index contributed by atoms with van der Waals surface area (Å²) in [6.45, 7) is 3.07. The second-order valence-electron chi connectivity index (χ2n) is 3.81. The molecule has 0 unspecified atom stereocenters. The highest BCUT2D eigenvalue weighted by Crippen LogP contribution is 2.14. The second kappa shape index (κ2) is 5.68. The molecule has 0 atom stereocenters. The van der Waals surface area contributed by atoms with E-state index in [1.807, 2.05) is 35.4 Å². The Bertz CT molecular complexity index is 411. The van der Waals surface area contributed by atoms with Gasteiger partial charge in [-0.3, -0.25) is 4.79 Å². The highest BCUT2D eigenvalue weighted by Gasteiger charge is 2.14. The molecule has 0 radical (unpaired) electrons. The molecule has 0 saturated heterocycles. The van der Waals surface area contributed by atoms with Crippen LogP contribution in [0.1, 0.15) is 24.7 Å². The van der Waals surface area contributed by atoms with Gasteiger partial charge in [0.1, 0.15) is 5.76 Å². The first-order valence-electron chi connectivity index (χ1n) is 5.61. The maximum Gasteiger partial charge on any atom is 0.222 e. The molecule has 2 rings (SSSR count). The lowest BCUT2D eigenvalue weighted by Gasteiger charge is -2.20. The van der Waals surface area contributed by atoms with Gasteiger partial charge >= 0.3 is 0 Å². The minimum absolute atomic E-state index is 0.146. The van der Waals surface area contributed by atoms with Gasteiger partial charge < -0.3 is 9.32 Å². The summed E-state index contributed by atoms with van der Waals surface area (Å²) in [5, 5.41) is 4.09. The standard InChI is InChI=1S/C13H15NO2S/c1-2-13(15)14(8-11-5-7-17-10-11)9-12-4-3-6-16-12/h3-7,10H,2,8-9H2,1H3. The van der Waals surface area contributed by atoms with Gasteiger partial charge in [0, 0.05) is 13.0 Å². The Labute approximate surface area is 105 Å². The van der Waals surface area contributed by atoms with Gasteiger partial charge in [-0.05, 0) is 34.5 Å². The predicted octanol–water partition coefficient (Wildman–Crippen LogP) is 3.28. The van der Waals surface area contributed by atoms with Crippen LogP contribution in [0.3, 0.4) is 0 Å². The highest BCUT2D eigenvalue weighted by atomic mass is 32.1. The molecule has 4 heteroatoms. The summed E-state index contributed by atoms with van der Waals surface area (Å²) in [6.07, 6.45) is 2.15. The first-order valence-corrected chi connectivity index (χ1v) is 6.55. The maximum atomic E-state index is 11.9. The Kier molecular flexibility index (Phi) is 3.98. The number of amides is 1. The van der Waals surface area contributed by atoms with E-state index in [2.05, 4.69) is 5.38 Å². The molecule has 0 aromatic carbocycles. The fraction of sp³-hybridized carbons (Fsp3) is 0.308. The van der Waals surface area contributed by atoms with Crippen molar-refractivity contribution < 1.29 is 9.21 Å². The van der Waals surface area contributed by atoms with Crippen LogP contribution in [0.2, 0.25) is 0 Å². The van der Waals surface area contributed by atoms with E-state index >= 15 is 0 Å². The number of hydrogen-bond acceptors (Lipinski definition) is 3. The molecule has 90 valence electrons. The van der Waals surface area contributed by atoms with E-state index in [1.54, 1.807) is 17.6 Å². The molecule has 1 amide bonds. The summed E-state index contributed by atoms with van der Waals surface area (Å²) in [5.74, 6) is 0.967. The number of furan rings is 1. The lowest BCUT2D eigenvalue weighted by atomic mass is 10.2. The minimum atomic E-state index is 0.146. The maximum absolute atomic E-state index is 11.9. The molecule has 0 spiro atoms. The Morgan fingerprint density at radius 2 is 2.29 bits per heavy atom. The van der Waals surface area contributed by atoms with Crippen LogP contribution in [0.5, 0.6) is 0 Å². The average molecular weight is 249 g/mol. The van der Waals surface area contributed by atoms with Crippen molar-refractivity contribution in [3.8, 4) is 0 Å². The minimum Gasteiger partial charge on any atom is -0.467 e. The van der Waals surface area contributed by atoms with Crippen molar-refractivity contribution >= 4 is 17.2 Å². The SMILES string of the molecule is CCC(=O)N(Cc1ccsc1)Cc1ccco1. The number of rotatable bonds is 5. The zero-order chi connectivity index (χ0) is 12.1. The van der Waals surface area contributed by atoms with Crippen molar-refractivity contribution in [1.29, 1.82) is 0 Å². The quantitative estimate of drug-likeness (QED) is 0.814. The molecule has 0 aliphatic carbocycles. The van der Waals surface area contributed by atoms with Crippen LogP contribution < -0.4 is 0 Å². The van der Waals surface area contributed by atoms with Crippen LogP contribution >= 0.6 is 11.3 Å². The molecule has 17 heavy (non-hydrogen) atoms. The molecular weight excluding hydrogens is 234 g/mol. The van der Waals surface area contributed by atoms with Crippen LogP contribution in [-0.2, 0) is 17.9 Å². The van der Waals surface area contributed by atoms with Crippen molar-refractivity contribution in [2.45, 2.75) is 26.4 Å². The van der Waals surface area contributed by atoms with Crippen LogP contribution in [0, 0.1) is 0 Å². The Morgan fingerprint density at radius 3 is 2.88 bits per heavy atom. The third kappa shape index (κ3) is 3.20. The van der Waals surface area contributed by atoms with Crippen molar-refractivity contribution in [3.05, 3.63) is 46.5 Å². The monoisotopic (exact) mass is 249 g/mol. The predicted molar refractivity (Wildman–Crippen MR) is 67.6 cm³/mol. The Hall–Kier alpha value is -1.55. The Balaban J connectivity index is 2.05. The van der Waals surface area contributed by atoms with E-state index in [0.29, 0.717) is 19.5 Å². The average Bonchev–Trinajstić information content (AvgIpc) is 3.00. The van der Waals surface area contributed by atoms with Crippen LogP contribution in [0.15, 0.2) is 39.6 Å². The van der Waals surface area contributed by atoms with Crippen molar-refractivity contribution in [2.75, 3.05) is 0 Å². The first kappa shape index (κ1) is 11.9. The summed E-state index contributed by atoms with van der Waals surface area (Å²) in [6, 6.07) is 5.78. The second-order valence-corrected chi connectivity index (χ2v) is 4.59. The molecule has 3 nitrogen and oxygen atoms in total. The lowest BCUT2D eigenvalue weighted by Crippen LogP contribution is -2.28. The smallest absolute Gasteiger partial charge is 0.222 e. The van der Waals surface area contributed by atoms with Gasteiger partial charge in [-0.15, -0.1) is 0 Å². The summed E-state index contributed by atoms with van der Waals surface area (Å²) >= 11 is 1.65. The number of nitrogens with zero attached hydrogens (tertiary/aromatic N) is 1. The molecule has 0 aliphatic heterocycles. The van der Waals surface area contributed by atoms with Gasteiger partial charge in [0.05, 0.1) is 12.8 Å². The molecule has 2 aromatic rings. The summed E-state index contributed by atoms with van der Waals surface area (Å²) in [7, 11) is 0. The summed E-state index contributed by atoms with van der Waals surface area (Å²) in [5.41, 5.74) is 1.17. The van der Waals surface area contributed by atoms with E-state index in [4.69, 9.17) is 4.42 Å². The zero-order valence-electron chi connectivity index (χ0n) is 9.76. The van der Waals surface area contributed by atoms with Crippen molar-refractivity contribution in [1.82, 2.24) is 4.90 Å². The molecule has 2 heterocycles. The van der Waals surface area contributed by atoms with Gasteiger partial charge in [0.25, 0.3) is 0 Å². The van der Waals surface area contributed by atoms with Gasteiger partial charge in [-0.25, -0.2) is 0 Å². The topological polar surface area (TPSA) is 33.5 Å². The van der Waals surface area contributed by atoms with E-state index < -0.39 is 0 Å². The van der Waals surface area contributed by atoms with E-state index in [9.17, 15) is 4.79 Å². The molecule has 0 N–H and O–H groups in total. The van der Waals surface area contributed by atoms with Crippen molar-refractivity contribution in [3.63, 3.8) is 0 Å². The lowest BCUT2D eigenvalue weighted by molar-refractivity contribution is -0.132. The molecule has 0 saturated carbocycles. The molecule has 0 aliphatic rings. The number of carbonyl (C=O) groups is 1. The van der Waals surface area contributed by atoms with E-state index in [0.717, 1.165) is 5.76 Å². The molecular formula is C13H15NO2S. The van der Waals surface area contributed by atoms with Gasteiger partial charge in [0.15, 0.2) is 0 Å². The molecule has 0 fully saturated rings. The normalized spacial score (nSPS) is 10.4. The largest absolute Gasteiger partial charge is 0.467 e. The fourth-order valence-electron chi connectivity index (χ4n) is 1.65. The van der Waals surface area contributed by atoms with Crippen LogP contribution in [-0.4, -0.2) is 10.8 Å². The Morgan fingerprint density at radius 1 is 1.41 bits per heavy atom. The number of thiophene rings is 1. The van der Waals surface area contributed by atoms with E-state index in [-0.39, 0.29) is 5.91 Å². The van der Waals surface area contributed by atoms with Crippen LogP contribution in [0.25, 0.3) is 0 Å². The van der Waals surface area contributed by atoms with Gasteiger partial charge in [0.2, 0.25) is 5.91 Å².